The maximum atomic E-state index is 13.6. The Bertz CT molecular complexity index is 6510. The number of nitrogens with zero attached hydrogens (tertiary/aromatic N) is 6. The van der Waals surface area contributed by atoms with Crippen LogP contribution in [0.2, 0.25) is 58.9 Å². The van der Waals surface area contributed by atoms with E-state index in [1.165, 1.54) is 101 Å². The van der Waals surface area contributed by atoms with Gasteiger partial charge in [-0.2, -0.15) is 0 Å². The van der Waals surface area contributed by atoms with Crippen LogP contribution in [0.5, 0.6) is 0 Å². The van der Waals surface area contributed by atoms with Crippen molar-refractivity contribution in [2.45, 2.75) is 107 Å². The topological polar surface area (TPSA) is 77.3 Å². The normalized spacial score (nSPS) is 10.8. The molecule has 0 N–H and O–H groups in total. The van der Waals surface area contributed by atoms with Crippen LogP contribution in [-0.4, -0.2) is 54.1 Å². The van der Waals surface area contributed by atoms with E-state index >= 15 is 0 Å². The number of pyridine rings is 6. The standard InChI is InChI=1S/C30H31FNSi.C28H28NSi.C27H25FNSi.C12H10N.2C11H8N.3Ir/c1-21(2)17-26-19-30(25-8-6-7-24(18-25)22-9-13-27(31)14-10-22)32-20-29(26)23-11-15-28(16-12-23)33(3,4)5;1-20-16-26(30(3,4)5)17-21(2)28(20)25-14-15-27(29-19-25)24-13-9-12-23(18-24)22-10-7-6-8-11-22;1-19-15-27(23-9-5-7-21(16-23)22-8-6-10-24(28)17-22)29-18-26(19)20-11-13-25(14-12-20)30(2,3)4;1-10-7-8-13-12(9-10)11-5-3-2-4-6-11;2*1-2-6-10(7-3-1)11-8-4-5-9-12-11;;;/h6-7,9-16,18-21H,17H2,1-5H3;6-12,14-19H,1-5H3;5-8,10-18H,1-4H3;2-5,7-9H,1H3;2*1-6,8-9H;;;/q6*-1;;;. The molecular weight excluding hydrogens is 2210 g/mol. The first-order chi connectivity index (χ1) is 62.6. The number of hydrogen-bond acceptors (Lipinski definition) is 6. The van der Waals surface area contributed by atoms with Crippen LogP contribution < -0.4 is 15.6 Å². The third-order valence-corrected chi connectivity index (χ3v) is 28.3. The van der Waals surface area contributed by atoms with Gasteiger partial charge in [-0.3, -0.25) is 0 Å². The van der Waals surface area contributed by atoms with E-state index in [0.717, 1.165) is 102 Å². The minimum absolute atomic E-state index is 0. The van der Waals surface area contributed by atoms with Crippen molar-refractivity contribution in [2.24, 2.45) is 5.92 Å². The molecule has 0 amide bonds. The number of benzene rings is 12. The van der Waals surface area contributed by atoms with Crippen molar-refractivity contribution in [3.8, 4) is 134 Å². The Kier molecular flexibility index (Phi) is 38.1. The zero-order chi connectivity index (χ0) is 91.7. The van der Waals surface area contributed by atoms with Gasteiger partial charge in [-0.25, -0.2) is 8.78 Å². The average Bonchev–Trinajstić information content (AvgIpc) is 0.787. The van der Waals surface area contributed by atoms with E-state index in [-0.39, 0.29) is 72.0 Å². The van der Waals surface area contributed by atoms with Crippen molar-refractivity contribution in [2.75, 3.05) is 0 Å². The van der Waals surface area contributed by atoms with Crippen LogP contribution in [0.15, 0.2) is 377 Å². The fourth-order valence-corrected chi connectivity index (χ4v) is 18.7. The number of rotatable bonds is 17. The molecule has 0 unspecified atom stereocenters. The fraction of sp³-hybridized carbons (Fsp3) is 0.143. The summed E-state index contributed by atoms with van der Waals surface area (Å²) in [5.41, 5.74) is 31.4. The van der Waals surface area contributed by atoms with Crippen LogP contribution in [0, 0.1) is 81.6 Å². The van der Waals surface area contributed by atoms with Crippen LogP contribution in [0.1, 0.15) is 41.7 Å². The Labute approximate surface area is 831 Å². The van der Waals surface area contributed by atoms with Gasteiger partial charge in [-0.15, -0.1) is 214 Å². The molecule has 0 aliphatic heterocycles. The summed E-state index contributed by atoms with van der Waals surface area (Å²) in [6.07, 6.45) is 12.3. The van der Waals surface area contributed by atoms with Gasteiger partial charge in [-0.1, -0.05) is 264 Å². The van der Waals surface area contributed by atoms with Crippen LogP contribution in [0.3, 0.4) is 0 Å². The largest absolute Gasteiger partial charge is 0.305 e. The quantitative estimate of drug-likeness (QED) is 0.0668. The maximum Gasteiger partial charge on any atom is 0.123 e. The summed E-state index contributed by atoms with van der Waals surface area (Å²) in [6, 6.07) is 132. The first-order valence-corrected chi connectivity index (χ1v) is 54.7. The van der Waals surface area contributed by atoms with Gasteiger partial charge in [0.25, 0.3) is 0 Å². The number of aromatic nitrogens is 6. The molecule has 133 heavy (non-hydrogen) atoms. The van der Waals surface area contributed by atoms with E-state index in [2.05, 4.69) is 285 Å². The van der Waals surface area contributed by atoms with E-state index < -0.39 is 24.2 Å². The summed E-state index contributed by atoms with van der Waals surface area (Å²) in [5.74, 6) is 0.0741. The van der Waals surface area contributed by atoms with Gasteiger partial charge in [0, 0.05) is 109 Å². The van der Waals surface area contributed by atoms with Crippen LogP contribution in [0.25, 0.3) is 134 Å². The van der Waals surface area contributed by atoms with Gasteiger partial charge in [0.05, 0.1) is 24.2 Å². The van der Waals surface area contributed by atoms with Crippen molar-refractivity contribution in [3.05, 3.63) is 453 Å². The predicted octanol–water partition coefficient (Wildman–Crippen LogP) is 29.6. The first-order valence-electron chi connectivity index (χ1n) is 44.2. The van der Waals surface area contributed by atoms with Crippen LogP contribution in [-0.2, 0) is 66.7 Å². The summed E-state index contributed by atoms with van der Waals surface area (Å²) in [5, 5.41) is 4.43. The van der Waals surface area contributed by atoms with Crippen LogP contribution >= 0.6 is 0 Å². The second-order valence-electron chi connectivity index (χ2n) is 35.9. The maximum absolute atomic E-state index is 13.6. The molecule has 0 atom stereocenters. The first kappa shape index (κ1) is 103. The van der Waals surface area contributed by atoms with Gasteiger partial charge in [-0.05, 0) is 178 Å². The molecule has 18 aromatic rings. The van der Waals surface area contributed by atoms with Gasteiger partial charge in [0.2, 0.25) is 0 Å². The van der Waals surface area contributed by atoms with E-state index in [4.69, 9.17) is 15.0 Å². The Balaban J connectivity index is 0.000000172. The Hall–Kier alpha value is -12.0. The molecule has 0 aliphatic rings. The van der Waals surface area contributed by atoms with Crippen LogP contribution in [0.4, 0.5) is 8.78 Å². The molecule has 0 fully saturated rings. The molecule has 6 nitrogen and oxygen atoms in total. The molecule has 0 saturated carbocycles. The van der Waals surface area contributed by atoms with Crippen molar-refractivity contribution >= 4 is 39.8 Å². The molecule has 0 aliphatic carbocycles. The molecule has 0 spiro atoms. The minimum atomic E-state index is -1.33. The third-order valence-electron chi connectivity index (χ3n) is 22.2. The summed E-state index contributed by atoms with van der Waals surface area (Å²) in [7, 11) is -3.96. The SMILES string of the molecule is CC(C)Cc1cc(-c2[c-]ccc(-c3ccc(F)cc3)c2)ncc1-c1ccc([Si](C)(C)C)cc1.Cc1cc(-c2[c-]ccc(-c3cccc(F)c3)c2)ncc1-c1ccc([Si](C)(C)C)cc1.Cc1cc([Si](C)(C)C)cc(C)c1-c1ccc(-c2[c-]ccc(-c3ccccc3)c2)nc1.Cc1ccnc(-c2[c-]cccc2)c1.[Ir].[Ir].[Ir].[c-]1ccccc1-c1ccccn1.[c-]1ccccc1-c1ccccn1. The molecule has 675 valence electrons. The molecule has 6 heterocycles. The zero-order valence-corrected chi connectivity index (χ0v) is 88.2. The van der Waals surface area contributed by atoms with E-state index in [9.17, 15) is 8.78 Å². The predicted molar refractivity (Wildman–Crippen MR) is 550 cm³/mol. The zero-order valence-electron chi connectivity index (χ0n) is 78.0. The summed E-state index contributed by atoms with van der Waals surface area (Å²) in [6.45, 7) is 34.5. The van der Waals surface area contributed by atoms with Crippen molar-refractivity contribution < 1.29 is 69.1 Å². The van der Waals surface area contributed by atoms with Gasteiger partial charge in [0.1, 0.15) is 11.6 Å². The second kappa shape index (κ2) is 49.1. The molecule has 12 aromatic carbocycles. The van der Waals surface area contributed by atoms with E-state index in [0.29, 0.717) is 5.92 Å². The fourth-order valence-electron chi connectivity index (χ4n) is 15.1. The van der Waals surface area contributed by atoms with Gasteiger partial charge >= 0.3 is 0 Å². The van der Waals surface area contributed by atoms with Gasteiger partial charge in [0.15, 0.2) is 0 Å². The summed E-state index contributed by atoms with van der Waals surface area (Å²) >= 11 is 0. The number of hydrogen-bond donors (Lipinski definition) is 0. The summed E-state index contributed by atoms with van der Waals surface area (Å²) in [4.78, 5) is 27.0. The second-order valence-corrected chi connectivity index (χ2v) is 51.1. The Morgan fingerprint density at radius 3 is 1.10 bits per heavy atom. The van der Waals surface area contributed by atoms with E-state index in [1.54, 1.807) is 36.7 Å². The molecule has 18 rings (SSSR count). The number of aryl methyl sites for hydroxylation is 4. The van der Waals surface area contributed by atoms with E-state index in [1.807, 2.05) is 189 Å². The molecule has 0 saturated heterocycles. The monoisotopic (exact) mass is 2320 g/mol. The minimum Gasteiger partial charge on any atom is -0.305 e. The van der Waals surface area contributed by atoms with Crippen molar-refractivity contribution in [1.82, 2.24) is 29.9 Å². The Morgan fingerprint density at radius 2 is 0.654 bits per heavy atom. The molecule has 0 bridgehead atoms. The Morgan fingerprint density at radius 1 is 0.263 bits per heavy atom. The molecule has 3 radical (unpaired) electrons. The van der Waals surface area contributed by atoms with Crippen molar-refractivity contribution in [3.63, 3.8) is 0 Å². The van der Waals surface area contributed by atoms with Crippen molar-refractivity contribution in [1.29, 1.82) is 0 Å². The third kappa shape index (κ3) is 29.5. The molecule has 6 aromatic heterocycles. The van der Waals surface area contributed by atoms with Gasteiger partial charge < -0.3 is 29.9 Å². The average molecular weight is 2320 g/mol. The molecule has 14 heteroatoms. The smallest absolute Gasteiger partial charge is 0.123 e. The molecular formula is C119H110F2Ir3N6Si3-6. The number of halogens is 2. The summed E-state index contributed by atoms with van der Waals surface area (Å²) < 4.78 is 26.9.